The molecule has 2 amide bonds. The normalized spacial score (nSPS) is 15.2. The van der Waals surface area contributed by atoms with Crippen LogP contribution in [-0.2, 0) is 9.59 Å². The number of benzene rings is 1. The largest absolute Gasteiger partial charge is 0.269 e. The van der Waals surface area contributed by atoms with E-state index in [1.165, 1.54) is 17.1 Å². The number of rotatable bonds is 1. The molecule has 0 saturated carbocycles. The highest BCUT2D eigenvalue weighted by Crippen LogP contribution is 2.25. The first-order chi connectivity index (χ1) is 7.11. The van der Waals surface area contributed by atoms with Crippen molar-refractivity contribution in [3.8, 4) is 0 Å². The van der Waals surface area contributed by atoms with Crippen LogP contribution in [0.5, 0.6) is 0 Å². The molecule has 1 aromatic carbocycles. The van der Waals surface area contributed by atoms with Gasteiger partial charge in [0.2, 0.25) is 0 Å². The van der Waals surface area contributed by atoms with Crippen LogP contribution >= 0.6 is 0 Å². The number of anilines is 1. The lowest BCUT2D eigenvalue weighted by atomic mass is 10.1. The van der Waals surface area contributed by atoms with Gasteiger partial charge >= 0.3 is 0 Å². The number of carbonyl (C=O) groups excluding carboxylic acids is 2. The summed E-state index contributed by atoms with van der Waals surface area (Å²) >= 11 is 0. The van der Waals surface area contributed by atoms with Crippen molar-refractivity contribution >= 4 is 17.5 Å². The second-order valence-electron chi connectivity index (χ2n) is 3.56. The van der Waals surface area contributed by atoms with Gasteiger partial charge in [-0.25, -0.2) is 4.90 Å². The fraction of sp³-hybridized carbons (Fsp3) is 0.167. The van der Waals surface area contributed by atoms with Crippen LogP contribution in [0, 0.1) is 13.8 Å². The summed E-state index contributed by atoms with van der Waals surface area (Å²) < 4.78 is 0. The third-order valence-electron chi connectivity index (χ3n) is 2.63. The number of aryl methyl sites for hydroxylation is 1. The molecule has 0 unspecified atom stereocenters. The second-order valence-corrected chi connectivity index (χ2v) is 3.56. The maximum Gasteiger partial charge on any atom is 0.258 e. The Labute approximate surface area is 88.0 Å². The third-order valence-corrected chi connectivity index (χ3v) is 2.63. The van der Waals surface area contributed by atoms with Crippen LogP contribution in [0.2, 0.25) is 0 Å². The van der Waals surface area contributed by atoms with Crippen molar-refractivity contribution in [2.45, 2.75) is 13.8 Å². The number of nitrogens with zero attached hydrogens (tertiary/aromatic N) is 1. The molecule has 1 heterocycles. The minimum atomic E-state index is -0.270. The molecule has 2 rings (SSSR count). The van der Waals surface area contributed by atoms with E-state index in [2.05, 4.69) is 0 Å². The number of hydrogen-bond donors (Lipinski definition) is 0. The zero-order valence-corrected chi connectivity index (χ0v) is 8.65. The van der Waals surface area contributed by atoms with Gasteiger partial charge in [-0.15, -0.1) is 0 Å². The molecule has 0 saturated heterocycles. The van der Waals surface area contributed by atoms with Gasteiger partial charge in [0.1, 0.15) is 0 Å². The highest BCUT2D eigenvalue weighted by atomic mass is 16.2. The summed E-state index contributed by atoms with van der Waals surface area (Å²) in [5, 5.41) is 0. The van der Waals surface area contributed by atoms with Gasteiger partial charge in [0.05, 0.1) is 5.69 Å². The SMILES string of the molecule is Cc1cccc(N2C(=O)C=CC2=O)c1C. The van der Waals surface area contributed by atoms with Crippen molar-refractivity contribution in [3.05, 3.63) is 41.5 Å². The summed E-state index contributed by atoms with van der Waals surface area (Å²) in [7, 11) is 0. The summed E-state index contributed by atoms with van der Waals surface area (Å²) in [6.07, 6.45) is 2.59. The third kappa shape index (κ3) is 1.46. The molecule has 0 N–H and O–H groups in total. The lowest BCUT2D eigenvalue weighted by molar-refractivity contribution is -0.119. The number of hydrogen-bond acceptors (Lipinski definition) is 2. The average Bonchev–Trinajstić information content (AvgIpc) is 2.52. The van der Waals surface area contributed by atoms with Crippen LogP contribution < -0.4 is 4.90 Å². The Kier molecular flexibility index (Phi) is 2.15. The van der Waals surface area contributed by atoms with Crippen LogP contribution in [-0.4, -0.2) is 11.8 Å². The molecule has 0 atom stereocenters. The summed E-state index contributed by atoms with van der Waals surface area (Å²) in [6.45, 7) is 3.86. The van der Waals surface area contributed by atoms with Gasteiger partial charge in [-0.3, -0.25) is 9.59 Å². The van der Waals surface area contributed by atoms with Crippen molar-refractivity contribution in [2.24, 2.45) is 0 Å². The Balaban J connectivity index is 2.51. The van der Waals surface area contributed by atoms with Crippen LogP contribution in [0.4, 0.5) is 5.69 Å². The highest BCUT2D eigenvalue weighted by Gasteiger charge is 2.26. The van der Waals surface area contributed by atoms with Gasteiger partial charge in [-0.05, 0) is 31.0 Å². The van der Waals surface area contributed by atoms with Crippen molar-refractivity contribution in [2.75, 3.05) is 4.90 Å². The van der Waals surface area contributed by atoms with E-state index in [9.17, 15) is 9.59 Å². The van der Waals surface area contributed by atoms with Gasteiger partial charge in [0.25, 0.3) is 11.8 Å². The standard InChI is InChI=1S/C12H11NO2/c1-8-4-3-5-10(9(8)2)13-11(14)6-7-12(13)15/h3-7H,1-2H3. The Morgan fingerprint density at radius 2 is 1.60 bits per heavy atom. The van der Waals surface area contributed by atoms with Crippen LogP contribution in [0.1, 0.15) is 11.1 Å². The van der Waals surface area contributed by atoms with E-state index in [1.54, 1.807) is 6.07 Å². The van der Waals surface area contributed by atoms with Crippen LogP contribution in [0.3, 0.4) is 0 Å². The Bertz CT molecular complexity index is 457. The second kappa shape index (κ2) is 3.35. The van der Waals surface area contributed by atoms with E-state index in [1.807, 2.05) is 26.0 Å². The minimum Gasteiger partial charge on any atom is -0.269 e. The molecule has 1 aromatic rings. The Morgan fingerprint density at radius 3 is 2.20 bits per heavy atom. The topological polar surface area (TPSA) is 37.4 Å². The molecule has 0 fully saturated rings. The first-order valence-electron chi connectivity index (χ1n) is 4.73. The number of carbonyl (C=O) groups is 2. The van der Waals surface area contributed by atoms with Gasteiger partial charge in [0, 0.05) is 12.2 Å². The van der Waals surface area contributed by atoms with Gasteiger partial charge in [-0.1, -0.05) is 12.1 Å². The van der Waals surface area contributed by atoms with Crippen molar-refractivity contribution < 1.29 is 9.59 Å². The molecule has 1 aliphatic rings. The van der Waals surface area contributed by atoms with E-state index in [4.69, 9.17) is 0 Å². The number of amides is 2. The predicted molar refractivity (Wildman–Crippen MR) is 57.5 cm³/mol. The average molecular weight is 201 g/mol. The van der Waals surface area contributed by atoms with Crippen molar-refractivity contribution in [3.63, 3.8) is 0 Å². The molecule has 0 aliphatic carbocycles. The first kappa shape index (κ1) is 9.65. The van der Waals surface area contributed by atoms with E-state index < -0.39 is 0 Å². The quantitative estimate of drug-likeness (QED) is 0.649. The zero-order valence-electron chi connectivity index (χ0n) is 8.65. The summed E-state index contributed by atoms with van der Waals surface area (Å²) in [4.78, 5) is 24.1. The van der Waals surface area contributed by atoms with Crippen molar-refractivity contribution in [1.82, 2.24) is 0 Å². The Hall–Kier alpha value is -1.90. The lowest BCUT2D eigenvalue weighted by Crippen LogP contribution is -2.30. The zero-order chi connectivity index (χ0) is 11.0. The molecule has 1 aliphatic heterocycles. The van der Waals surface area contributed by atoms with Gasteiger partial charge in [-0.2, -0.15) is 0 Å². The molecular formula is C12H11NO2. The maximum atomic E-state index is 11.5. The van der Waals surface area contributed by atoms with Crippen LogP contribution in [0.15, 0.2) is 30.4 Å². The maximum absolute atomic E-state index is 11.5. The van der Waals surface area contributed by atoms with E-state index in [0.717, 1.165) is 11.1 Å². The molecule has 0 spiro atoms. The smallest absolute Gasteiger partial charge is 0.258 e. The highest BCUT2D eigenvalue weighted by molar-refractivity contribution is 6.28. The molecule has 3 nitrogen and oxygen atoms in total. The molecule has 0 radical (unpaired) electrons. The molecular weight excluding hydrogens is 190 g/mol. The summed E-state index contributed by atoms with van der Waals surface area (Å²) in [5.74, 6) is -0.539. The molecule has 76 valence electrons. The van der Waals surface area contributed by atoms with E-state index >= 15 is 0 Å². The first-order valence-corrected chi connectivity index (χ1v) is 4.73. The fourth-order valence-corrected chi connectivity index (χ4v) is 1.62. The molecule has 3 heteroatoms. The predicted octanol–water partition coefficient (Wildman–Crippen LogP) is 1.73. The van der Waals surface area contributed by atoms with Gasteiger partial charge < -0.3 is 0 Å². The van der Waals surface area contributed by atoms with E-state index in [-0.39, 0.29) is 11.8 Å². The minimum absolute atomic E-state index is 0.270. The summed E-state index contributed by atoms with van der Waals surface area (Å²) in [5.41, 5.74) is 2.71. The van der Waals surface area contributed by atoms with Crippen LogP contribution in [0.25, 0.3) is 0 Å². The van der Waals surface area contributed by atoms with Crippen molar-refractivity contribution in [1.29, 1.82) is 0 Å². The molecule has 15 heavy (non-hydrogen) atoms. The molecule has 0 bridgehead atoms. The Morgan fingerprint density at radius 1 is 1.00 bits per heavy atom. The summed E-state index contributed by atoms with van der Waals surface area (Å²) in [6, 6.07) is 5.58. The number of imide groups is 1. The van der Waals surface area contributed by atoms with Gasteiger partial charge in [0.15, 0.2) is 0 Å². The monoisotopic (exact) mass is 201 g/mol. The molecule has 0 aromatic heterocycles. The van der Waals surface area contributed by atoms with E-state index in [0.29, 0.717) is 5.69 Å². The fourth-order valence-electron chi connectivity index (χ4n) is 1.62. The lowest BCUT2D eigenvalue weighted by Gasteiger charge is -2.17.